The Labute approximate surface area is 182 Å². The third-order valence-electron chi connectivity index (χ3n) is 4.88. The van der Waals surface area contributed by atoms with Gasteiger partial charge in [-0.1, -0.05) is 30.3 Å². The highest BCUT2D eigenvalue weighted by Crippen LogP contribution is 2.18. The lowest BCUT2D eigenvalue weighted by molar-refractivity contribution is -0.140. The summed E-state index contributed by atoms with van der Waals surface area (Å²) in [6, 6.07) is 13.7. The van der Waals surface area contributed by atoms with Crippen LogP contribution >= 0.6 is 0 Å². The van der Waals surface area contributed by atoms with Crippen molar-refractivity contribution in [3.05, 3.63) is 66.0 Å². The number of hydrogen-bond acceptors (Lipinski definition) is 4. The summed E-state index contributed by atoms with van der Waals surface area (Å²) in [6.07, 6.45) is 1.46. The van der Waals surface area contributed by atoms with Gasteiger partial charge in [-0.3, -0.25) is 13.9 Å². The van der Waals surface area contributed by atoms with Crippen molar-refractivity contribution in [2.75, 3.05) is 24.2 Å². The number of anilines is 1. The smallest absolute Gasteiger partial charge is 0.242 e. The fraction of sp³-hybridized carbons (Fsp3) is 0.364. The number of benzene rings is 2. The second-order valence-corrected chi connectivity index (χ2v) is 9.12. The number of hydrogen-bond donors (Lipinski definition) is 1. The van der Waals surface area contributed by atoms with Gasteiger partial charge in [0.2, 0.25) is 21.8 Å². The second kappa shape index (κ2) is 10.9. The van der Waals surface area contributed by atoms with Crippen molar-refractivity contribution >= 4 is 27.5 Å². The Morgan fingerprint density at radius 1 is 1.06 bits per heavy atom. The van der Waals surface area contributed by atoms with E-state index in [1.54, 1.807) is 49.4 Å². The lowest BCUT2D eigenvalue weighted by Crippen LogP contribution is -2.46. The molecule has 0 saturated heterocycles. The first-order valence-corrected chi connectivity index (χ1v) is 11.8. The van der Waals surface area contributed by atoms with E-state index < -0.39 is 16.1 Å². The van der Waals surface area contributed by atoms with Crippen molar-refractivity contribution in [3.63, 3.8) is 0 Å². The molecule has 0 radical (unpaired) electrons. The average Bonchev–Trinajstić information content (AvgIpc) is 2.74. The maximum atomic E-state index is 13.2. The summed E-state index contributed by atoms with van der Waals surface area (Å²) in [4.78, 5) is 26.5. The fourth-order valence-electron chi connectivity index (χ4n) is 3.18. The van der Waals surface area contributed by atoms with Gasteiger partial charge in [-0.25, -0.2) is 12.8 Å². The highest BCUT2D eigenvalue weighted by molar-refractivity contribution is 7.92. The van der Waals surface area contributed by atoms with Crippen LogP contribution in [0.5, 0.6) is 0 Å². The molecule has 0 spiro atoms. The third kappa shape index (κ3) is 7.06. The standard InChI is InChI=1S/C22H28FN3O4S/c1-17(22(28)24-2)25(16-18-11-13-19(23)14-12-18)21(27)10-7-15-26(31(3,29)30)20-8-5-4-6-9-20/h4-6,8-9,11-14,17H,7,10,15-16H2,1-3H3,(H,24,28)/t17-/m1/s1. The largest absolute Gasteiger partial charge is 0.357 e. The minimum Gasteiger partial charge on any atom is -0.357 e. The van der Waals surface area contributed by atoms with Crippen molar-refractivity contribution in [1.29, 1.82) is 0 Å². The van der Waals surface area contributed by atoms with Crippen LogP contribution in [0.15, 0.2) is 54.6 Å². The highest BCUT2D eigenvalue weighted by atomic mass is 32.2. The third-order valence-corrected chi connectivity index (χ3v) is 6.07. The number of amides is 2. The van der Waals surface area contributed by atoms with Crippen molar-refractivity contribution in [3.8, 4) is 0 Å². The summed E-state index contributed by atoms with van der Waals surface area (Å²) in [5.74, 6) is -0.998. The predicted molar refractivity (Wildman–Crippen MR) is 118 cm³/mol. The Morgan fingerprint density at radius 3 is 2.23 bits per heavy atom. The molecule has 2 rings (SSSR count). The molecule has 2 aromatic carbocycles. The number of carbonyl (C=O) groups excluding carboxylic acids is 2. The molecule has 2 aromatic rings. The zero-order valence-corrected chi connectivity index (χ0v) is 18.7. The van der Waals surface area contributed by atoms with Crippen LogP contribution < -0.4 is 9.62 Å². The van der Waals surface area contributed by atoms with E-state index >= 15 is 0 Å². The molecule has 0 saturated carbocycles. The van der Waals surface area contributed by atoms with Gasteiger partial charge in [0.25, 0.3) is 0 Å². The Morgan fingerprint density at radius 2 is 1.68 bits per heavy atom. The molecule has 1 atom stereocenters. The van der Waals surface area contributed by atoms with E-state index in [1.165, 1.54) is 28.4 Å². The number of nitrogens with one attached hydrogen (secondary N) is 1. The maximum Gasteiger partial charge on any atom is 0.242 e. The number of carbonyl (C=O) groups is 2. The van der Waals surface area contributed by atoms with Gasteiger partial charge in [-0.15, -0.1) is 0 Å². The molecule has 2 amide bonds. The Hall–Kier alpha value is -2.94. The second-order valence-electron chi connectivity index (χ2n) is 7.21. The van der Waals surface area contributed by atoms with Crippen LogP contribution in [0.3, 0.4) is 0 Å². The van der Waals surface area contributed by atoms with E-state index in [9.17, 15) is 22.4 Å². The van der Waals surface area contributed by atoms with Crippen LogP contribution in [0.4, 0.5) is 10.1 Å². The zero-order valence-electron chi connectivity index (χ0n) is 17.9. The Bertz CT molecular complexity index is 982. The number of likely N-dealkylation sites (N-methyl/N-ethyl adjacent to an activating group) is 1. The van der Waals surface area contributed by atoms with Crippen molar-refractivity contribution in [2.24, 2.45) is 0 Å². The molecule has 7 nitrogen and oxygen atoms in total. The molecule has 0 aromatic heterocycles. The molecule has 0 aliphatic heterocycles. The van der Waals surface area contributed by atoms with Gasteiger partial charge in [-0.05, 0) is 43.2 Å². The monoisotopic (exact) mass is 449 g/mol. The lowest BCUT2D eigenvalue weighted by Gasteiger charge is -2.29. The SMILES string of the molecule is CNC(=O)[C@@H](C)N(Cc1ccc(F)cc1)C(=O)CCCN(c1ccccc1)S(C)(=O)=O. The lowest BCUT2D eigenvalue weighted by atomic mass is 10.1. The van der Waals surface area contributed by atoms with Crippen LogP contribution in [0, 0.1) is 5.82 Å². The minimum absolute atomic E-state index is 0.0569. The van der Waals surface area contributed by atoms with E-state index in [0.717, 1.165) is 6.26 Å². The number of halogens is 1. The van der Waals surface area contributed by atoms with Gasteiger partial charge >= 0.3 is 0 Å². The summed E-state index contributed by atoms with van der Waals surface area (Å²) in [5.41, 5.74) is 1.21. The molecule has 0 bridgehead atoms. The summed E-state index contributed by atoms with van der Waals surface area (Å²) in [5, 5.41) is 2.53. The first kappa shape index (κ1) is 24.3. The first-order chi connectivity index (χ1) is 14.6. The minimum atomic E-state index is -3.51. The predicted octanol–water partition coefficient (Wildman–Crippen LogP) is 2.54. The van der Waals surface area contributed by atoms with Crippen LogP contribution in [0.25, 0.3) is 0 Å². The van der Waals surface area contributed by atoms with E-state index in [1.807, 2.05) is 0 Å². The van der Waals surface area contributed by atoms with Gasteiger partial charge < -0.3 is 10.2 Å². The summed E-state index contributed by atoms with van der Waals surface area (Å²) < 4.78 is 38.8. The molecule has 168 valence electrons. The zero-order chi connectivity index (χ0) is 23.0. The van der Waals surface area contributed by atoms with Crippen LogP contribution in [0.2, 0.25) is 0 Å². The van der Waals surface area contributed by atoms with Gasteiger partial charge in [-0.2, -0.15) is 0 Å². The molecule has 31 heavy (non-hydrogen) atoms. The van der Waals surface area contributed by atoms with Crippen molar-refractivity contribution in [1.82, 2.24) is 10.2 Å². The number of para-hydroxylation sites is 1. The normalized spacial score (nSPS) is 12.1. The molecular weight excluding hydrogens is 421 g/mol. The molecule has 0 aliphatic carbocycles. The molecule has 0 heterocycles. The van der Waals surface area contributed by atoms with E-state index in [4.69, 9.17) is 0 Å². The Kier molecular flexibility index (Phi) is 8.56. The fourth-order valence-corrected chi connectivity index (χ4v) is 4.14. The maximum absolute atomic E-state index is 13.2. The molecule has 0 aliphatic rings. The topological polar surface area (TPSA) is 86.8 Å². The average molecular weight is 450 g/mol. The molecule has 0 fully saturated rings. The van der Waals surface area contributed by atoms with Crippen molar-refractivity contribution in [2.45, 2.75) is 32.4 Å². The van der Waals surface area contributed by atoms with Crippen molar-refractivity contribution < 1.29 is 22.4 Å². The molecule has 9 heteroatoms. The highest BCUT2D eigenvalue weighted by Gasteiger charge is 2.26. The summed E-state index contributed by atoms with van der Waals surface area (Å²) in [6.45, 7) is 1.89. The molecule has 1 N–H and O–H groups in total. The summed E-state index contributed by atoms with van der Waals surface area (Å²) >= 11 is 0. The van der Waals surface area contributed by atoms with E-state index in [0.29, 0.717) is 11.3 Å². The van der Waals surface area contributed by atoms with Gasteiger partial charge in [0.05, 0.1) is 11.9 Å². The molecule has 0 unspecified atom stereocenters. The van der Waals surface area contributed by atoms with Gasteiger partial charge in [0.15, 0.2) is 0 Å². The molecular formula is C22H28FN3O4S. The number of nitrogens with zero attached hydrogens (tertiary/aromatic N) is 2. The Balaban J connectivity index is 2.11. The van der Waals surface area contributed by atoms with E-state index in [-0.39, 0.29) is 43.6 Å². The van der Waals surface area contributed by atoms with Gasteiger partial charge in [0.1, 0.15) is 11.9 Å². The van der Waals surface area contributed by atoms with Crippen LogP contribution in [-0.2, 0) is 26.2 Å². The quantitative estimate of drug-likeness (QED) is 0.604. The van der Waals surface area contributed by atoms with E-state index in [2.05, 4.69) is 5.32 Å². The van der Waals surface area contributed by atoms with Crippen LogP contribution in [0.1, 0.15) is 25.3 Å². The first-order valence-electron chi connectivity index (χ1n) is 9.91. The number of rotatable bonds is 10. The van der Waals surface area contributed by atoms with Gasteiger partial charge in [0, 0.05) is 26.6 Å². The number of sulfonamides is 1. The summed E-state index contributed by atoms with van der Waals surface area (Å²) in [7, 11) is -2.02. The van der Waals surface area contributed by atoms with Crippen LogP contribution in [-0.4, -0.2) is 51.0 Å².